The molecule has 0 radical (unpaired) electrons. The van der Waals surface area contributed by atoms with Crippen LogP contribution in [0.1, 0.15) is 11.5 Å². The molecular weight excluding hydrogens is 266 g/mol. The number of hydrogen-bond acceptors (Lipinski definition) is 3. The Balaban J connectivity index is 2.23. The molecule has 2 aromatic rings. The Morgan fingerprint density at radius 3 is 2.44 bits per heavy atom. The second-order valence-corrected chi connectivity index (χ2v) is 4.46. The van der Waals surface area contributed by atoms with Gasteiger partial charge < -0.3 is 5.32 Å². The summed E-state index contributed by atoms with van der Waals surface area (Å²) in [4.78, 5) is 8.48. The van der Waals surface area contributed by atoms with E-state index in [0.717, 1.165) is 27.4 Å². The summed E-state index contributed by atoms with van der Waals surface area (Å²) >= 11 is 3.40. The minimum absolute atomic E-state index is 0.791. The van der Waals surface area contributed by atoms with Gasteiger partial charge in [-0.3, -0.25) is 0 Å². The van der Waals surface area contributed by atoms with Crippen LogP contribution in [-0.2, 0) is 0 Å². The summed E-state index contributed by atoms with van der Waals surface area (Å²) in [6.45, 7) is 3.85. The topological polar surface area (TPSA) is 37.8 Å². The van der Waals surface area contributed by atoms with Gasteiger partial charge in [0.25, 0.3) is 0 Å². The number of anilines is 2. The Morgan fingerprint density at radius 1 is 1.12 bits per heavy atom. The van der Waals surface area contributed by atoms with Crippen molar-refractivity contribution in [2.45, 2.75) is 13.8 Å². The summed E-state index contributed by atoms with van der Waals surface area (Å²) in [5, 5.41) is 3.28. The fourth-order valence-corrected chi connectivity index (χ4v) is 1.66. The minimum atomic E-state index is 0.791. The van der Waals surface area contributed by atoms with Crippen LogP contribution in [0.15, 0.2) is 34.9 Å². The average Bonchev–Trinajstić information content (AvgIpc) is 2.25. The molecule has 0 fully saturated rings. The zero-order chi connectivity index (χ0) is 11.5. The Hall–Kier alpha value is -1.42. The molecule has 0 bridgehead atoms. The normalized spacial score (nSPS) is 10.2. The number of aromatic nitrogens is 2. The third-order valence-corrected chi connectivity index (χ3v) is 2.75. The van der Waals surface area contributed by atoms with Gasteiger partial charge in [-0.05, 0) is 38.1 Å². The number of hydrogen-bond donors (Lipinski definition) is 1. The van der Waals surface area contributed by atoms with Gasteiger partial charge in [0.15, 0.2) is 0 Å². The van der Waals surface area contributed by atoms with E-state index in [2.05, 4.69) is 31.2 Å². The van der Waals surface area contributed by atoms with Crippen molar-refractivity contribution in [2.75, 3.05) is 5.32 Å². The second-order valence-electron chi connectivity index (χ2n) is 3.55. The van der Waals surface area contributed by atoms with E-state index in [0.29, 0.717) is 0 Å². The monoisotopic (exact) mass is 277 g/mol. The molecule has 0 saturated carbocycles. The van der Waals surface area contributed by atoms with E-state index in [-0.39, 0.29) is 0 Å². The van der Waals surface area contributed by atoms with E-state index in [1.54, 1.807) is 6.20 Å². The third-order valence-electron chi connectivity index (χ3n) is 2.22. The second kappa shape index (κ2) is 4.61. The molecule has 0 unspecified atom stereocenters. The molecule has 16 heavy (non-hydrogen) atoms. The molecule has 0 saturated heterocycles. The Morgan fingerprint density at radius 2 is 1.81 bits per heavy atom. The summed E-state index contributed by atoms with van der Waals surface area (Å²) in [7, 11) is 0. The lowest BCUT2D eigenvalue weighted by Crippen LogP contribution is -1.98. The van der Waals surface area contributed by atoms with Crippen LogP contribution in [0.25, 0.3) is 0 Å². The van der Waals surface area contributed by atoms with Crippen LogP contribution in [0, 0.1) is 13.8 Å². The highest BCUT2D eigenvalue weighted by Gasteiger charge is 2.01. The summed E-state index contributed by atoms with van der Waals surface area (Å²) in [5.74, 6) is 0.791. The molecule has 1 heterocycles. The molecule has 1 aromatic carbocycles. The van der Waals surface area contributed by atoms with E-state index < -0.39 is 0 Å². The van der Waals surface area contributed by atoms with Gasteiger partial charge in [-0.2, -0.15) is 0 Å². The van der Waals surface area contributed by atoms with Crippen LogP contribution >= 0.6 is 15.9 Å². The van der Waals surface area contributed by atoms with Crippen molar-refractivity contribution in [3.8, 4) is 0 Å². The molecule has 0 aliphatic carbocycles. The minimum Gasteiger partial charge on any atom is -0.353 e. The molecular formula is C12H12BrN3. The fourth-order valence-electron chi connectivity index (χ4n) is 1.39. The summed E-state index contributed by atoms with van der Waals surface area (Å²) < 4.78 is 1.06. The highest BCUT2D eigenvalue weighted by atomic mass is 79.9. The third kappa shape index (κ3) is 2.58. The zero-order valence-corrected chi connectivity index (χ0v) is 10.7. The molecule has 1 N–H and O–H groups in total. The summed E-state index contributed by atoms with van der Waals surface area (Å²) in [5.41, 5.74) is 2.92. The van der Waals surface area contributed by atoms with Crippen molar-refractivity contribution >= 4 is 27.3 Å². The first kappa shape index (κ1) is 11.1. The number of nitrogens with one attached hydrogen (secondary N) is 1. The maximum absolute atomic E-state index is 4.30. The van der Waals surface area contributed by atoms with E-state index in [9.17, 15) is 0 Å². The van der Waals surface area contributed by atoms with Crippen LogP contribution < -0.4 is 5.32 Å². The average molecular weight is 278 g/mol. The summed E-state index contributed by atoms with van der Waals surface area (Å²) in [6.07, 6.45) is 1.81. The van der Waals surface area contributed by atoms with E-state index in [1.165, 1.54) is 0 Å². The number of benzene rings is 1. The maximum atomic E-state index is 4.30. The quantitative estimate of drug-likeness (QED) is 0.912. The van der Waals surface area contributed by atoms with Gasteiger partial charge >= 0.3 is 0 Å². The van der Waals surface area contributed by atoms with Crippen molar-refractivity contribution in [2.24, 2.45) is 0 Å². The highest BCUT2D eigenvalue weighted by molar-refractivity contribution is 9.10. The van der Waals surface area contributed by atoms with E-state index in [1.807, 2.05) is 38.1 Å². The van der Waals surface area contributed by atoms with Gasteiger partial charge in [-0.15, -0.1) is 0 Å². The number of rotatable bonds is 2. The van der Waals surface area contributed by atoms with Crippen molar-refractivity contribution < 1.29 is 0 Å². The van der Waals surface area contributed by atoms with Crippen LogP contribution in [0.4, 0.5) is 11.4 Å². The first-order valence-electron chi connectivity index (χ1n) is 4.98. The van der Waals surface area contributed by atoms with E-state index >= 15 is 0 Å². The molecule has 82 valence electrons. The van der Waals surface area contributed by atoms with Gasteiger partial charge in [-0.1, -0.05) is 15.9 Å². The fraction of sp³-hybridized carbons (Fsp3) is 0.167. The molecule has 1 aromatic heterocycles. The van der Waals surface area contributed by atoms with Crippen LogP contribution in [0.5, 0.6) is 0 Å². The van der Waals surface area contributed by atoms with Crippen LogP contribution in [-0.4, -0.2) is 9.97 Å². The van der Waals surface area contributed by atoms with E-state index in [4.69, 9.17) is 0 Å². The molecule has 4 heteroatoms. The summed E-state index contributed by atoms with van der Waals surface area (Å²) in [6, 6.07) is 7.99. The Bertz CT molecular complexity index is 494. The molecule has 0 aliphatic heterocycles. The maximum Gasteiger partial charge on any atom is 0.125 e. The number of nitrogens with zero attached hydrogens (tertiary/aromatic N) is 2. The molecule has 2 rings (SSSR count). The van der Waals surface area contributed by atoms with Crippen molar-refractivity contribution in [3.63, 3.8) is 0 Å². The predicted octanol–water partition coefficient (Wildman–Crippen LogP) is 3.60. The van der Waals surface area contributed by atoms with Crippen LogP contribution in [0.2, 0.25) is 0 Å². The van der Waals surface area contributed by atoms with Crippen molar-refractivity contribution in [3.05, 3.63) is 46.5 Å². The first-order chi connectivity index (χ1) is 7.65. The highest BCUT2D eigenvalue weighted by Crippen LogP contribution is 2.20. The van der Waals surface area contributed by atoms with Gasteiger partial charge in [0.2, 0.25) is 0 Å². The van der Waals surface area contributed by atoms with Gasteiger partial charge in [0, 0.05) is 10.2 Å². The first-order valence-corrected chi connectivity index (χ1v) is 5.77. The van der Waals surface area contributed by atoms with Crippen molar-refractivity contribution in [1.29, 1.82) is 0 Å². The molecule has 0 atom stereocenters. The Kier molecular flexibility index (Phi) is 3.19. The van der Waals surface area contributed by atoms with Crippen LogP contribution in [0.3, 0.4) is 0 Å². The zero-order valence-electron chi connectivity index (χ0n) is 9.16. The van der Waals surface area contributed by atoms with Gasteiger partial charge in [0.1, 0.15) is 5.82 Å². The number of halogens is 1. The molecule has 0 spiro atoms. The van der Waals surface area contributed by atoms with Gasteiger partial charge in [0.05, 0.1) is 17.6 Å². The largest absolute Gasteiger partial charge is 0.353 e. The Labute approximate surface area is 103 Å². The lowest BCUT2D eigenvalue weighted by atomic mass is 10.3. The molecule has 3 nitrogen and oxygen atoms in total. The standard InChI is InChI=1S/C12H12BrN3/c1-8-12(7-14-9(2)15-8)16-11-5-3-10(13)4-6-11/h3-7,16H,1-2H3. The number of aryl methyl sites for hydroxylation is 2. The SMILES string of the molecule is Cc1ncc(Nc2ccc(Br)cc2)c(C)n1. The lowest BCUT2D eigenvalue weighted by Gasteiger charge is -2.08. The lowest BCUT2D eigenvalue weighted by molar-refractivity contribution is 1.01. The molecule has 0 amide bonds. The smallest absolute Gasteiger partial charge is 0.125 e. The van der Waals surface area contributed by atoms with Crippen molar-refractivity contribution in [1.82, 2.24) is 9.97 Å². The molecule has 0 aliphatic rings. The predicted molar refractivity (Wildman–Crippen MR) is 68.9 cm³/mol. The van der Waals surface area contributed by atoms with Gasteiger partial charge in [-0.25, -0.2) is 9.97 Å².